The maximum Gasteiger partial charge on any atom is 2.00 e. The van der Waals surface area contributed by atoms with Gasteiger partial charge in [-0.1, -0.05) is 0 Å². The Balaban J connectivity index is -0.00000000800. The van der Waals surface area contributed by atoms with Crippen LogP contribution in [0.2, 0.25) is 0 Å². The van der Waals surface area contributed by atoms with Crippen LogP contribution in [0.3, 0.4) is 0 Å². The third kappa shape index (κ3) is 160. The fourth-order valence-corrected chi connectivity index (χ4v) is 0. The van der Waals surface area contributed by atoms with E-state index in [1.54, 1.807) is 0 Å². The first-order chi connectivity index (χ1) is 2.00. The van der Waals surface area contributed by atoms with Gasteiger partial charge in [-0.05, 0) is 0 Å². The average molecular weight is 172 g/mol. The van der Waals surface area contributed by atoms with E-state index in [-0.39, 0.29) is 48.7 Å². The minimum atomic E-state index is -4.64. The van der Waals surface area contributed by atoms with E-state index in [0.717, 1.165) is 0 Å². The van der Waals surface area contributed by atoms with Gasteiger partial charge >= 0.3 is 30.9 Å². The molecule has 0 aliphatic heterocycles. The second-order valence-corrected chi connectivity index (χ2v) is 1.54. The molecule has 0 saturated heterocycles. The summed E-state index contributed by atoms with van der Waals surface area (Å²) in [6.07, 6.45) is 0. The van der Waals surface area contributed by atoms with Crippen molar-refractivity contribution in [3.05, 3.63) is 0 Å². The van der Waals surface area contributed by atoms with Crippen molar-refractivity contribution in [2.75, 3.05) is 0 Å². The van der Waals surface area contributed by atoms with Crippen LogP contribution >= 0.6 is 7.82 Å². The van der Waals surface area contributed by atoms with Gasteiger partial charge in [-0.25, -0.2) is 4.57 Å². The molecular formula is H10AlMgO5P. The van der Waals surface area contributed by atoms with Crippen molar-refractivity contribution in [2.45, 2.75) is 0 Å². The van der Waals surface area contributed by atoms with Crippen LogP contribution in [0.15, 0.2) is 0 Å². The summed E-state index contributed by atoms with van der Waals surface area (Å²) in [6, 6.07) is 0. The van der Waals surface area contributed by atoms with E-state index in [9.17, 15) is 0 Å². The zero-order chi connectivity index (χ0) is 4.50. The van der Waals surface area contributed by atoms with Crippen LogP contribution in [0.25, 0.3) is 0 Å². The predicted molar refractivity (Wildman–Crippen MR) is 35.8 cm³/mol. The molecule has 0 aromatic rings. The van der Waals surface area contributed by atoms with E-state index in [2.05, 4.69) is 0 Å². The molecule has 0 aromatic heterocycles. The molecule has 0 bridgehead atoms. The van der Waals surface area contributed by atoms with Crippen LogP contribution in [-0.2, 0) is 4.57 Å². The second-order valence-electron chi connectivity index (χ2n) is 0.513. The Kier molecular flexibility index (Phi) is 23.8. The van der Waals surface area contributed by atoms with Crippen LogP contribution in [0, 0.1) is 0 Å². The summed E-state index contributed by atoms with van der Waals surface area (Å²) >= 11 is 0. The standard InChI is InChI=1S/Al.Mg.H3O4P.H2O.5H/c;;1-5(2,3)4;;;;;;/h;;(H3,1,2,3,4);1H2;;;;;/q;+2;;;;;;2*-1. The van der Waals surface area contributed by atoms with Crippen LogP contribution in [0.1, 0.15) is 2.85 Å². The molecule has 5 nitrogen and oxygen atoms in total. The van der Waals surface area contributed by atoms with Crippen LogP contribution in [0.5, 0.6) is 0 Å². The van der Waals surface area contributed by atoms with Gasteiger partial charge in [-0.15, -0.1) is 0 Å². The number of hydrogen-bond acceptors (Lipinski definition) is 1. The van der Waals surface area contributed by atoms with E-state index in [1.807, 2.05) is 0 Å². The second kappa shape index (κ2) is 8.37. The first kappa shape index (κ1) is 22.8. The number of phosphoric acid groups is 1. The summed E-state index contributed by atoms with van der Waals surface area (Å²) in [6.45, 7) is 0. The molecule has 0 atom stereocenters. The molecule has 0 unspecified atom stereocenters. The maximum atomic E-state index is 8.88. The van der Waals surface area contributed by atoms with Gasteiger partial charge in [0.05, 0.1) is 0 Å². The van der Waals surface area contributed by atoms with E-state index in [0.29, 0.717) is 0 Å². The Morgan fingerprint density at radius 2 is 1.25 bits per heavy atom. The fraction of sp³-hybridized carbons (Fsp3) is 0. The van der Waals surface area contributed by atoms with Gasteiger partial charge in [-0.2, -0.15) is 0 Å². The van der Waals surface area contributed by atoms with E-state index < -0.39 is 7.82 Å². The van der Waals surface area contributed by atoms with Crippen LogP contribution in [0.4, 0.5) is 0 Å². The molecule has 8 heavy (non-hydrogen) atoms. The molecule has 0 amide bonds. The van der Waals surface area contributed by atoms with Gasteiger partial charge in [0.2, 0.25) is 0 Å². The van der Waals surface area contributed by atoms with Crippen LogP contribution in [-0.4, -0.2) is 60.6 Å². The minimum absolute atomic E-state index is 0. The number of rotatable bonds is 0. The zero-order valence-corrected chi connectivity index (χ0v) is 5.71. The number of hydrogen-bond donors (Lipinski definition) is 3. The topological polar surface area (TPSA) is 109 Å². The Labute approximate surface area is 75.9 Å². The molecular weight excluding hydrogens is 162 g/mol. The minimum Gasteiger partial charge on any atom is -1.00 e. The van der Waals surface area contributed by atoms with Crippen molar-refractivity contribution in [3.63, 3.8) is 0 Å². The smallest absolute Gasteiger partial charge is 1.00 e. The summed E-state index contributed by atoms with van der Waals surface area (Å²) in [7, 11) is -4.64. The molecule has 0 fully saturated rings. The molecule has 0 aliphatic carbocycles. The normalized spacial score (nSPS) is 7.38. The monoisotopic (exact) mass is 172 g/mol. The molecule has 0 radical (unpaired) electrons. The quantitative estimate of drug-likeness (QED) is 0.266. The maximum absolute atomic E-state index is 8.88. The molecule has 50 valence electrons. The first-order valence-corrected chi connectivity index (χ1v) is 2.35. The summed E-state index contributed by atoms with van der Waals surface area (Å²) in [5.41, 5.74) is 0. The summed E-state index contributed by atoms with van der Waals surface area (Å²) < 4.78 is 8.88. The SMILES string of the molecule is O.O=P(O)(O)O.[AlH3].[H-].[H-].[Mg+2]. The Morgan fingerprint density at radius 1 is 1.25 bits per heavy atom. The third-order valence-electron chi connectivity index (χ3n) is 0. The third-order valence-corrected chi connectivity index (χ3v) is 0. The summed E-state index contributed by atoms with van der Waals surface area (Å²) in [4.78, 5) is 21.6. The van der Waals surface area contributed by atoms with Crippen molar-refractivity contribution in [2.24, 2.45) is 0 Å². The van der Waals surface area contributed by atoms with E-state index in [4.69, 9.17) is 19.2 Å². The first-order valence-electron chi connectivity index (χ1n) is 0.783. The van der Waals surface area contributed by atoms with Crippen molar-refractivity contribution in [1.82, 2.24) is 0 Å². The molecule has 0 saturated carbocycles. The Bertz CT molecular complexity index is 65.8. The van der Waals surface area contributed by atoms with Crippen molar-refractivity contribution in [1.29, 1.82) is 0 Å². The molecule has 0 rings (SSSR count). The largest absolute Gasteiger partial charge is 2.00 e. The van der Waals surface area contributed by atoms with Gasteiger partial charge < -0.3 is 23.0 Å². The van der Waals surface area contributed by atoms with Gasteiger partial charge in [0.1, 0.15) is 0 Å². The predicted octanol–water partition coefficient (Wildman–Crippen LogP) is -3.09. The van der Waals surface area contributed by atoms with Gasteiger partial charge in [-0.3, -0.25) is 0 Å². The average Bonchev–Trinajstić information content (AvgIpc) is 0.722. The van der Waals surface area contributed by atoms with E-state index in [1.165, 1.54) is 0 Å². The molecule has 0 heterocycles. The van der Waals surface area contributed by atoms with Gasteiger partial charge in [0.25, 0.3) is 0 Å². The molecule has 8 heteroatoms. The Morgan fingerprint density at radius 3 is 1.25 bits per heavy atom. The molecule has 0 aliphatic rings. The van der Waals surface area contributed by atoms with Crippen molar-refractivity contribution in [3.8, 4) is 0 Å². The van der Waals surface area contributed by atoms with E-state index >= 15 is 0 Å². The summed E-state index contributed by atoms with van der Waals surface area (Å²) in [5, 5.41) is 0. The van der Waals surface area contributed by atoms with Gasteiger partial charge in [0, 0.05) is 0 Å². The molecule has 5 N–H and O–H groups in total. The van der Waals surface area contributed by atoms with Crippen molar-refractivity contribution < 1.29 is 27.6 Å². The van der Waals surface area contributed by atoms with Crippen LogP contribution < -0.4 is 0 Å². The molecule has 0 aromatic carbocycles. The molecule has 0 spiro atoms. The van der Waals surface area contributed by atoms with Gasteiger partial charge in [0.15, 0.2) is 17.4 Å². The summed E-state index contributed by atoms with van der Waals surface area (Å²) in [5.74, 6) is 0. The zero-order valence-electron chi connectivity index (χ0n) is 5.40. The van der Waals surface area contributed by atoms with Crippen molar-refractivity contribution >= 4 is 48.2 Å². The Hall–Kier alpha value is 1.37. The fourth-order valence-electron chi connectivity index (χ4n) is 0.